The van der Waals surface area contributed by atoms with E-state index in [1.165, 1.54) is 0 Å². The molecule has 0 aliphatic rings. The second-order valence-corrected chi connectivity index (χ2v) is 0. The number of hydrogen-bond donors (Lipinski definition) is 0. The molecule has 4 heavy (non-hydrogen) atoms. The van der Waals surface area contributed by atoms with Crippen LogP contribution >= 0.6 is 0 Å². The van der Waals surface area contributed by atoms with Crippen molar-refractivity contribution in [2.45, 2.75) is 0 Å². The van der Waals surface area contributed by atoms with E-state index in [-0.39, 0.29) is 0 Å². The van der Waals surface area contributed by atoms with Gasteiger partial charge in [0.25, 0.3) is 0 Å². The van der Waals surface area contributed by atoms with Crippen molar-refractivity contribution in [2.75, 3.05) is 0 Å². The van der Waals surface area contributed by atoms with Crippen molar-refractivity contribution in [3.63, 3.8) is 0 Å². The molecule has 0 aliphatic heterocycles. The van der Waals surface area contributed by atoms with E-state index in [4.69, 9.17) is 3.80 Å². The summed E-state index contributed by atoms with van der Waals surface area (Å²) >= 11 is 0.611. The summed E-state index contributed by atoms with van der Waals surface area (Å²) in [6.07, 6.45) is 0. The molecule has 0 atom stereocenters. The Kier molecular flexibility index (Phi) is 5620. The molecule has 0 amide bonds. The van der Waals surface area contributed by atoms with Gasteiger partial charge in [-0.1, -0.05) is 0 Å². The van der Waals surface area contributed by atoms with E-state index in [9.17, 15) is 0 Å². The molecular formula is C2H5AlO. The Morgan fingerprint density at radius 2 is 1.25 bits per heavy atom. The Labute approximate surface area is 34.0 Å². The predicted molar refractivity (Wildman–Crippen MR) is 19.1 cm³/mol. The van der Waals surface area contributed by atoms with Gasteiger partial charge in [-0.3, -0.25) is 0 Å². The minimum atomic E-state index is 0.611. The molecule has 0 N–H and O–H groups in total. The fraction of sp³-hybridized carbons (Fsp3) is 0. The number of hydrogen-bond acceptors (Lipinski definition) is 1. The fourth-order valence-corrected chi connectivity index (χ4v) is 0. The van der Waals surface area contributed by atoms with E-state index >= 15 is 0 Å². The van der Waals surface area contributed by atoms with Gasteiger partial charge in [0, 0.05) is 0 Å². The average molecular weight is 72.0 g/mol. The molecule has 0 heterocycles. The van der Waals surface area contributed by atoms with E-state index in [1.54, 1.807) is 0 Å². The predicted octanol–water partition coefficient (Wildman–Crippen LogP) is 0.0349. The van der Waals surface area contributed by atoms with Gasteiger partial charge in [0.15, 0.2) is 0 Å². The van der Waals surface area contributed by atoms with Gasteiger partial charge in [-0.2, -0.15) is 0 Å². The molecule has 0 saturated heterocycles. The second-order valence-electron chi connectivity index (χ2n) is 0. The summed E-state index contributed by atoms with van der Waals surface area (Å²) in [5.74, 6) is 0. The van der Waals surface area contributed by atoms with Gasteiger partial charge in [0.1, 0.15) is 0 Å². The Balaban J connectivity index is 0. The normalized spacial score (nSPS) is 1.75. The van der Waals surface area contributed by atoms with Crippen LogP contribution in [0.5, 0.6) is 0 Å². The van der Waals surface area contributed by atoms with Gasteiger partial charge in [-0.05, 0) is 0 Å². The van der Waals surface area contributed by atoms with Crippen molar-refractivity contribution in [1.29, 1.82) is 0 Å². The summed E-state index contributed by atoms with van der Waals surface area (Å²) in [5, 5.41) is 0. The quantitative estimate of drug-likeness (QED) is 0.291. The zero-order chi connectivity index (χ0) is 4.00. The van der Waals surface area contributed by atoms with Crippen LogP contribution in [0.1, 0.15) is 0 Å². The van der Waals surface area contributed by atoms with Crippen LogP contribution in [0.3, 0.4) is 0 Å². The maximum atomic E-state index is 8.28. The van der Waals surface area contributed by atoms with Crippen molar-refractivity contribution in [2.24, 2.45) is 0 Å². The van der Waals surface area contributed by atoms with Gasteiger partial charge >= 0.3 is 20.0 Å². The zero-order valence-electron chi connectivity index (χ0n) is 2.53. The molecule has 0 aliphatic carbocycles. The molecule has 0 fully saturated rings. The third-order valence-corrected chi connectivity index (χ3v) is 0. The Hall–Kier alpha value is 0.0725. The van der Waals surface area contributed by atoms with Crippen LogP contribution in [0.4, 0.5) is 0 Å². The van der Waals surface area contributed by atoms with E-state index < -0.39 is 0 Å². The van der Waals surface area contributed by atoms with Crippen LogP contribution in [0.2, 0.25) is 0 Å². The SMILES string of the molecule is C=C.[O]=[AlH]. The molecule has 0 unspecified atom stereocenters. The van der Waals surface area contributed by atoms with Crippen LogP contribution in [-0.2, 0) is 3.80 Å². The molecule has 2 heteroatoms. The topological polar surface area (TPSA) is 17.1 Å². The Morgan fingerprint density at radius 1 is 1.25 bits per heavy atom. The first-order chi connectivity index (χ1) is 2.00. The van der Waals surface area contributed by atoms with Gasteiger partial charge in [-0.15, -0.1) is 13.2 Å². The third-order valence-electron chi connectivity index (χ3n) is 0. The van der Waals surface area contributed by atoms with Gasteiger partial charge in [0.2, 0.25) is 0 Å². The van der Waals surface area contributed by atoms with E-state index in [0.29, 0.717) is 16.2 Å². The molecule has 0 rings (SSSR count). The van der Waals surface area contributed by atoms with Gasteiger partial charge < -0.3 is 0 Å². The van der Waals surface area contributed by atoms with E-state index in [0.717, 1.165) is 0 Å². The molecule has 0 aromatic carbocycles. The minimum absolute atomic E-state index is 0.611. The van der Waals surface area contributed by atoms with Crippen molar-refractivity contribution >= 4 is 16.2 Å². The summed E-state index contributed by atoms with van der Waals surface area (Å²) in [6.45, 7) is 6.00. The average Bonchev–Trinajstić information content (AvgIpc) is 1.50. The first kappa shape index (κ1) is 8.95. The summed E-state index contributed by atoms with van der Waals surface area (Å²) in [5.41, 5.74) is 0. The Morgan fingerprint density at radius 3 is 1.25 bits per heavy atom. The van der Waals surface area contributed by atoms with Crippen LogP contribution < -0.4 is 0 Å². The van der Waals surface area contributed by atoms with Crippen LogP contribution in [-0.4, -0.2) is 16.2 Å². The Bertz CT molecular complexity index is 8.00. The van der Waals surface area contributed by atoms with Crippen molar-refractivity contribution in [3.05, 3.63) is 13.2 Å². The van der Waals surface area contributed by atoms with E-state index in [1.807, 2.05) is 0 Å². The first-order valence-corrected chi connectivity index (χ1v) is 1.37. The van der Waals surface area contributed by atoms with Crippen molar-refractivity contribution < 1.29 is 3.80 Å². The molecular weight excluding hydrogens is 67.0 g/mol. The maximum absolute atomic E-state index is 8.28. The molecule has 0 aromatic rings. The van der Waals surface area contributed by atoms with Crippen LogP contribution in [0, 0.1) is 0 Å². The fourth-order valence-electron chi connectivity index (χ4n) is 0. The standard InChI is InChI=1S/C2H4.Al.O.H/c1-2;;;/h1-2H2;;;. The zero-order valence-corrected chi connectivity index (χ0v) is 3.94. The third kappa shape index (κ3) is 454. The van der Waals surface area contributed by atoms with Crippen LogP contribution in [0.25, 0.3) is 0 Å². The second kappa shape index (κ2) is 2510. The van der Waals surface area contributed by atoms with Gasteiger partial charge in [-0.25, -0.2) is 0 Å². The molecule has 0 spiro atoms. The molecule has 0 aromatic heterocycles. The summed E-state index contributed by atoms with van der Waals surface area (Å²) < 4.78 is 8.28. The van der Waals surface area contributed by atoms with Gasteiger partial charge in [0.05, 0.1) is 0 Å². The van der Waals surface area contributed by atoms with Crippen LogP contribution in [0.15, 0.2) is 13.2 Å². The monoisotopic (exact) mass is 72.0 g/mol. The number of rotatable bonds is 0. The molecule has 0 bridgehead atoms. The molecule has 22 valence electrons. The van der Waals surface area contributed by atoms with Crippen molar-refractivity contribution in [1.82, 2.24) is 0 Å². The first-order valence-electron chi connectivity index (χ1n) is 0.789. The molecule has 1 nitrogen and oxygen atoms in total. The van der Waals surface area contributed by atoms with Crippen molar-refractivity contribution in [3.8, 4) is 0 Å². The summed E-state index contributed by atoms with van der Waals surface area (Å²) in [4.78, 5) is 0. The molecule has 0 saturated carbocycles. The van der Waals surface area contributed by atoms with E-state index in [2.05, 4.69) is 13.2 Å². The summed E-state index contributed by atoms with van der Waals surface area (Å²) in [7, 11) is 0. The molecule has 0 radical (unpaired) electrons. The summed E-state index contributed by atoms with van der Waals surface area (Å²) in [6, 6.07) is 0.